The first-order chi connectivity index (χ1) is 10.9. The summed E-state index contributed by atoms with van der Waals surface area (Å²) in [4.78, 5) is 11.5. The van der Waals surface area contributed by atoms with Crippen LogP contribution in [0.2, 0.25) is 0 Å². The molecule has 0 aliphatic heterocycles. The fourth-order valence-corrected chi connectivity index (χ4v) is 3.01. The second-order valence-electron chi connectivity index (χ2n) is 7.16. The van der Waals surface area contributed by atoms with Crippen molar-refractivity contribution >= 4 is 16.1 Å². The number of halogens is 3. The third-order valence-corrected chi connectivity index (χ3v) is 4.73. The summed E-state index contributed by atoms with van der Waals surface area (Å²) in [6, 6.07) is 0. The van der Waals surface area contributed by atoms with Crippen molar-refractivity contribution in [3.8, 4) is 0 Å². The number of allylic oxidation sites excluding steroid dienone is 2. The Balaban J connectivity index is 3.79. The van der Waals surface area contributed by atoms with Gasteiger partial charge in [0.2, 0.25) is 0 Å². The van der Waals surface area contributed by atoms with Crippen LogP contribution in [-0.4, -0.2) is 35.2 Å². The molecule has 0 heterocycles. The van der Waals surface area contributed by atoms with Crippen molar-refractivity contribution < 1.29 is 45.9 Å². The molecule has 7 nitrogen and oxygen atoms in total. The molecule has 1 atom stereocenters. The van der Waals surface area contributed by atoms with Gasteiger partial charge in [-0.15, -0.1) is 0 Å². The molecule has 0 amide bonds. The highest BCUT2D eigenvalue weighted by molar-refractivity contribution is 7.87. The largest absolute Gasteiger partial charge is 0.534 e. The molecule has 1 rings (SSSR count). The number of aliphatic hydroxyl groups excluding tert-OH is 2. The van der Waals surface area contributed by atoms with Gasteiger partial charge in [-0.1, -0.05) is 34.6 Å². The summed E-state index contributed by atoms with van der Waals surface area (Å²) in [6.45, 7) is 6.40. The van der Waals surface area contributed by atoms with Crippen molar-refractivity contribution in [2.45, 2.75) is 40.1 Å². The van der Waals surface area contributed by atoms with Crippen LogP contribution < -0.4 is 0 Å². The quantitative estimate of drug-likeness (QED) is 0.501. The fourth-order valence-electron chi connectivity index (χ4n) is 2.54. The van der Waals surface area contributed by atoms with E-state index in [0.717, 1.165) is 13.8 Å². The highest BCUT2D eigenvalue weighted by Crippen LogP contribution is 2.51. The number of carboxylic acids is 1. The summed E-state index contributed by atoms with van der Waals surface area (Å²) in [7, 11) is -6.15. The van der Waals surface area contributed by atoms with Crippen LogP contribution in [0.5, 0.6) is 0 Å². The maximum absolute atomic E-state index is 12.6. The Morgan fingerprint density at radius 3 is 1.92 bits per heavy atom. The first-order valence-corrected chi connectivity index (χ1v) is 8.37. The smallest absolute Gasteiger partial charge is 0.511 e. The van der Waals surface area contributed by atoms with Gasteiger partial charge in [0.15, 0.2) is 5.76 Å². The van der Waals surface area contributed by atoms with E-state index in [4.69, 9.17) is 0 Å². The maximum Gasteiger partial charge on any atom is 0.534 e. The first kappa shape index (κ1) is 21.1. The van der Waals surface area contributed by atoms with Crippen molar-refractivity contribution in [1.82, 2.24) is 0 Å². The van der Waals surface area contributed by atoms with Gasteiger partial charge in [-0.3, -0.25) is 4.79 Å². The minimum atomic E-state index is -6.15. The fraction of sp³-hybridized carbons (Fsp3) is 0.643. The average molecular weight is 388 g/mol. The van der Waals surface area contributed by atoms with Crippen molar-refractivity contribution in [3.63, 3.8) is 0 Å². The third-order valence-electron chi connectivity index (χ3n) is 3.78. The molecule has 1 aliphatic carbocycles. The Kier molecular flexibility index (Phi) is 4.92. The molecule has 1 unspecified atom stereocenters. The van der Waals surface area contributed by atoms with Crippen molar-refractivity contribution in [2.24, 2.45) is 16.7 Å². The second kappa shape index (κ2) is 5.82. The zero-order valence-electron chi connectivity index (χ0n) is 14.1. The molecule has 0 aromatic rings. The van der Waals surface area contributed by atoms with Gasteiger partial charge in [0.05, 0.1) is 0 Å². The van der Waals surface area contributed by atoms with Crippen LogP contribution in [0.1, 0.15) is 34.6 Å². The standard InChI is InChI=1S/C14H19F3O7S/c1-12(2,3)6-8(18)7(11(20)21)13(4,5)10(19)9(6)24-25(22,23)14(15,16)17/h7,18-19H,1-5H3,(H,20,21). The van der Waals surface area contributed by atoms with E-state index in [2.05, 4.69) is 4.18 Å². The van der Waals surface area contributed by atoms with Crippen molar-refractivity contribution in [2.75, 3.05) is 0 Å². The predicted octanol–water partition coefficient (Wildman–Crippen LogP) is 3.22. The van der Waals surface area contributed by atoms with Gasteiger partial charge in [0.25, 0.3) is 0 Å². The van der Waals surface area contributed by atoms with Crippen LogP contribution in [0.15, 0.2) is 22.9 Å². The van der Waals surface area contributed by atoms with Gasteiger partial charge >= 0.3 is 21.6 Å². The SMILES string of the molecule is CC(C)(C)C1=C(O)C(C(=O)O)C(C)(C)C(O)=C1OS(=O)(=O)C(F)(F)F. The molecule has 0 aromatic carbocycles. The molecule has 11 heteroatoms. The van der Waals surface area contributed by atoms with E-state index in [9.17, 15) is 41.7 Å². The molecule has 25 heavy (non-hydrogen) atoms. The number of hydrogen-bond acceptors (Lipinski definition) is 6. The molecule has 0 saturated heterocycles. The Morgan fingerprint density at radius 1 is 1.16 bits per heavy atom. The molecule has 0 bridgehead atoms. The Morgan fingerprint density at radius 2 is 1.60 bits per heavy atom. The van der Waals surface area contributed by atoms with Gasteiger partial charge < -0.3 is 19.5 Å². The lowest BCUT2D eigenvalue weighted by Crippen LogP contribution is -2.41. The Labute approximate surface area is 142 Å². The molecule has 0 spiro atoms. The van der Waals surface area contributed by atoms with Crippen molar-refractivity contribution in [3.05, 3.63) is 22.9 Å². The lowest BCUT2D eigenvalue weighted by Gasteiger charge is -2.39. The predicted molar refractivity (Wildman–Crippen MR) is 79.7 cm³/mol. The number of rotatable bonds is 3. The van der Waals surface area contributed by atoms with Crippen molar-refractivity contribution in [1.29, 1.82) is 0 Å². The number of aliphatic hydroxyl groups is 2. The topological polar surface area (TPSA) is 121 Å². The summed E-state index contributed by atoms with van der Waals surface area (Å²) in [5.41, 5.74) is -9.36. The zero-order valence-corrected chi connectivity index (χ0v) is 14.9. The van der Waals surface area contributed by atoms with Crippen LogP contribution >= 0.6 is 0 Å². The Bertz CT molecular complexity index is 752. The number of carbonyl (C=O) groups is 1. The summed E-state index contributed by atoms with van der Waals surface area (Å²) in [6.07, 6.45) is 0. The molecule has 0 saturated carbocycles. The van der Waals surface area contributed by atoms with Crippen LogP contribution in [0.3, 0.4) is 0 Å². The lowest BCUT2D eigenvalue weighted by molar-refractivity contribution is -0.145. The van der Waals surface area contributed by atoms with E-state index in [1.54, 1.807) is 0 Å². The maximum atomic E-state index is 12.6. The molecule has 0 aromatic heterocycles. The highest BCUT2D eigenvalue weighted by Gasteiger charge is 2.55. The minimum Gasteiger partial charge on any atom is -0.511 e. The first-order valence-electron chi connectivity index (χ1n) is 6.97. The van der Waals surface area contributed by atoms with Gasteiger partial charge in [0.1, 0.15) is 17.4 Å². The van der Waals surface area contributed by atoms with Gasteiger partial charge in [-0.05, 0) is 5.41 Å². The lowest BCUT2D eigenvalue weighted by atomic mass is 9.67. The molecule has 3 N–H and O–H groups in total. The van der Waals surface area contributed by atoms with E-state index in [0.29, 0.717) is 0 Å². The molecule has 0 radical (unpaired) electrons. The van der Waals surface area contributed by atoms with E-state index < -0.39 is 61.2 Å². The van der Waals surface area contributed by atoms with E-state index in [-0.39, 0.29) is 0 Å². The van der Waals surface area contributed by atoms with Gasteiger partial charge in [-0.25, -0.2) is 0 Å². The molecule has 1 aliphatic rings. The van der Waals surface area contributed by atoms with E-state index in [1.165, 1.54) is 20.8 Å². The minimum absolute atomic E-state index is 0.537. The normalized spacial score (nSPS) is 22.2. The monoisotopic (exact) mass is 388 g/mol. The van der Waals surface area contributed by atoms with Crippen LogP contribution in [-0.2, 0) is 19.1 Å². The van der Waals surface area contributed by atoms with Gasteiger partial charge in [-0.2, -0.15) is 21.6 Å². The second-order valence-corrected chi connectivity index (χ2v) is 8.70. The number of alkyl halides is 3. The summed E-state index contributed by atoms with van der Waals surface area (Å²) in [5.74, 6) is -6.27. The average Bonchev–Trinajstić information content (AvgIpc) is 2.31. The molecular weight excluding hydrogens is 369 g/mol. The summed E-state index contributed by atoms with van der Waals surface area (Å²) in [5, 5.41) is 30.0. The molecule has 144 valence electrons. The van der Waals surface area contributed by atoms with Gasteiger partial charge in [0, 0.05) is 11.0 Å². The zero-order chi connectivity index (χ0) is 20.2. The summed E-state index contributed by atoms with van der Waals surface area (Å²) < 4.78 is 64.7. The Hall–Kier alpha value is -1.91. The van der Waals surface area contributed by atoms with E-state index >= 15 is 0 Å². The highest BCUT2D eigenvalue weighted by atomic mass is 32.2. The van der Waals surface area contributed by atoms with E-state index in [1.807, 2.05) is 0 Å². The summed E-state index contributed by atoms with van der Waals surface area (Å²) >= 11 is 0. The number of aliphatic carboxylic acids is 1. The molecule has 0 fully saturated rings. The number of hydrogen-bond donors (Lipinski definition) is 3. The van der Waals surface area contributed by atoms with Crippen LogP contribution in [0.4, 0.5) is 13.2 Å². The third kappa shape index (κ3) is 3.55. The van der Waals surface area contributed by atoms with Crippen LogP contribution in [0, 0.1) is 16.7 Å². The number of carboxylic acid groups (broad SMARTS) is 1. The van der Waals surface area contributed by atoms with Crippen LogP contribution in [0.25, 0.3) is 0 Å². The molecular formula is C14H19F3O7S.